The van der Waals surface area contributed by atoms with Gasteiger partial charge in [-0.25, -0.2) is 0 Å². The fourth-order valence-electron chi connectivity index (χ4n) is 3.91. The third-order valence-electron chi connectivity index (χ3n) is 5.09. The average molecular weight is 288 g/mol. The lowest BCUT2D eigenvalue weighted by Crippen LogP contribution is -2.53. The number of nitrogens with one attached hydrogen (secondary N) is 1. The third-order valence-corrected chi connectivity index (χ3v) is 5.09. The Balaban J connectivity index is 1.60. The molecule has 1 aromatic carbocycles. The van der Waals surface area contributed by atoms with E-state index in [1.165, 1.54) is 44.2 Å². The minimum absolute atomic E-state index is 0.689. The van der Waals surface area contributed by atoms with E-state index in [1.807, 2.05) is 6.07 Å². The summed E-state index contributed by atoms with van der Waals surface area (Å²) in [5.74, 6) is 1.91. The van der Waals surface area contributed by atoms with Crippen molar-refractivity contribution in [3.05, 3.63) is 29.8 Å². The van der Waals surface area contributed by atoms with Crippen molar-refractivity contribution >= 4 is 0 Å². The highest BCUT2D eigenvalue weighted by molar-refractivity contribution is 5.33. The molecule has 1 unspecified atom stereocenters. The maximum absolute atomic E-state index is 5.49. The van der Waals surface area contributed by atoms with Crippen LogP contribution in [0.1, 0.15) is 37.7 Å². The summed E-state index contributed by atoms with van der Waals surface area (Å²) in [7, 11) is 1.77. The lowest BCUT2D eigenvalue weighted by Gasteiger charge is -2.39. The summed E-state index contributed by atoms with van der Waals surface area (Å²) in [5, 5.41) is 3.76. The van der Waals surface area contributed by atoms with Crippen molar-refractivity contribution in [2.45, 2.75) is 44.7 Å². The van der Waals surface area contributed by atoms with Gasteiger partial charge in [0.25, 0.3) is 0 Å². The maximum Gasteiger partial charge on any atom is 0.123 e. The van der Waals surface area contributed by atoms with E-state index >= 15 is 0 Å². The number of hydrogen-bond donors (Lipinski definition) is 1. The van der Waals surface area contributed by atoms with Crippen LogP contribution in [0.2, 0.25) is 0 Å². The zero-order valence-corrected chi connectivity index (χ0v) is 13.2. The Morgan fingerprint density at radius 3 is 2.81 bits per heavy atom. The predicted octanol–water partition coefficient (Wildman–Crippen LogP) is 3.05. The van der Waals surface area contributed by atoms with E-state index in [1.54, 1.807) is 7.11 Å². The van der Waals surface area contributed by atoms with Crippen molar-refractivity contribution in [2.75, 3.05) is 26.7 Å². The molecular weight excluding hydrogens is 260 g/mol. The average Bonchev–Trinajstić information content (AvgIpc) is 2.56. The fourth-order valence-corrected chi connectivity index (χ4v) is 3.91. The molecule has 0 amide bonds. The first-order valence-corrected chi connectivity index (χ1v) is 8.44. The molecule has 3 heteroatoms. The second-order valence-electron chi connectivity index (χ2n) is 6.51. The standard InChI is InChI=1S/C18H28N2O/c1-21-18-10-6-5-9-16(18)13-20-12-11-19-17(14-20)15-7-3-2-4-8-15/h5-6,9-10,15,17,19H,2-4,7-8,11-14H2,1H3. The Kier molecular flexibility index (Phi) is 5.15. The largest absolute Gasteiger partial charge is 0.496 e. The maximum atomic E-state index is 5.49. The van der Waals surface area contributed by atoms with Crippen LogP contribution in [-0.4, -0.2) is 37.7 Å². The first kappa shape index (κ1) is 14.9. The molecule has 1 aliphatic heterocycles. The van der Waals surface area contributed by atoms with Gasteiger partial charge in [0.2, 0.25) is 0 Å². The highest BCUT2D eigenvalue weighted by atomic mass is 16.5. The van der Waals surface area contributed by atoms with E-state index in [4.69, 9.17) is 4.74 Å². The van der Waals surface area contributed by atoms with E-state index in [-0.39, 0.29) is 0 Å². The van der Waals surface area contributed by atoms with Crippen LogP contribution in [0.4, 0.5) is 0 Å². The molecule has 0 bridgehead atoms. The third kappa shape index (κ3) is 3.78. The number of ether oxygens (including phenoxy) is 1. The highest BCUT2D eigenvalue weighted by Gasteiger charge is 2.28. The highest BCUT2D eigenvalue weighted by Crippen LogP contribution is 2.28. The van der Waals surface area contributed by atoms with Gasteiger partial charge < -0.3 is 10.1 Å². The normalized spacial score (nSPS) is 24.9. The summed E-state index contributed by atoms with van der Waals surface area (Å²) < 4.78 is 5.49. The van der Waals surface area contributed by atoms with E-state index in [9.17, 15) is 0 Å². The molecule has 3 rings (SSSR count). The van der Waals surface area contributed by atoms with Crippen molar-refractivity contribution in [1.29, 1.82) is 0 Å². The van der Waals surface area contributed by atoms with Gasteiger partial charge in [-0.3, -0.25) is 4.90 Å². The Morgan fingerprint density at radius 2 is 2.00 bits per heavy atom. The summed E-state index contributed by atoms with van der Waals surface area (Å²) in [6.45, 7) is 4.45. The molecule has 1 atom stereocenters. The molecule has 116 valence electrons. The van der Waals surface area contributed by atoms with Gasteiger partial charge in [-0.05, 0) is 24.8 Å². The number of rotatable bonds is 4. The first-order valence-electron chi connectivity index (χ1n) is 8.44. The molecule has 0 spiro atoms. The van der Waals surface area contributed by atoms with Crippen LogP contribution >= 0.6 is 0 Å². The number of nitrogens with zero attached hydrogens (tertiary/aromatic N) is 1. The van der Waals surface area contributed by atoms with Crippen LogP contribution in [0.3, 0.4) is 0 Å². The van der Waals surface area contributed by atoms with Crippen LogP contribution in [0, 0.1) is 5.92 Å². The Morgan fingerprint density at radius 1 is 1.19 bits per heavy atom. The van der Waals surface area contributed by atoms with Crippen LogP contribution in [0.5, 0.6) is 5.75 Å². The molecular formula is C18H28N2O. The summed E-state index contributed by atoms with van der Waals surface area (Å²) in [5.41, 5.74) is 1.31. The lowest BCUT2D eigenvalue weighted by molar-refractivity contribution is 0.140. The van der Waals surface area contributed by atoms with Crippen LogP contribution in [-0.2, 0) is 6.54 Å². The Hall–Kier alpha value is -1.06. The van der Waals surface area contributed by atoms with Crippen molar-refractivity contribution in [1.82, 2.24) is 10.2 Å². The van der Waals surface area contributed by atoms with E-state index in [0.717, 1.165) is 31.3 Å². The molecule has 1 N–H and O–H groups in total. The summed E-state index contributed by atoms with van der Waals surface area (Å²) in [4.78, 5) is 2.59. The lowest BCUT2D eigenvalue weighted by atomic mass is 9.83. The van der Waals surface area contributed by atoms with Gasteiger partial charge in [-0.15, -0.1) is 0 Å². The van der Waals surface area contributed by atoms with Gasteiger partial charge in [0.1, 0.15) is 5.75 Å². The van der Waals surface area contributed by atoms with Gasteiger partial charge >= 0.3 is 0 Å². The van der Waals surface area contributed by atoms with Crippen molar-refractivity contribution < 1.29 is 4.74 Å². The molecule has 1 aliphatic carbocycles. The molecule has 0 radical (unpaired) electrons. The number of methoxy groups -OCH3 is 1. The molecule has 2 fully saturated rings. The van der Waals surface area contributed by atoms with Crippen molar-refractivity contribution in [2.24, 2.45) is 5.92 Å². The van der Waals surface area contributed by atoms with Crippen molar-refractivity contribution in [3.8, 4) is 5.75 Å². The summed E-state index contributed by atoms with van der Waals surface area (Å²) in [6.07, 6.45) is 7.12. The van der Waals surface area contributed by atoms with Gasteiger partial charge in [-0.1, -0.05) is 37.5 Å². The monoisotopic (exact) mass is 288 g/mol. The summed E-state index contributed by atoms with van der Waals surface area (Å²) in [6, 6.07) is 9.10. The van der Waals surface area contributed by atoms with Crippen molar-refractivity contribution in [3.63, 3.8) is 0 Å². The minimum Gasteiger partial charge on any atom is -0.496 e. The number of piperazine rings is 1. The van der Waals surface area contributed by atoms with Crippen LogP contribution < -0.4 is 10.1 Å². The molecule has 21 heavy (non-hydrogen) atoms. The van der Waals surface area contributed by atoms with Gasteiger partial charge in [0, 0.05) is 37.8 Å². The van der Waals surface area contributed by atoms with Crippen LogP contribution in [0.15, 0.2) is 24.3 Å². The first-order chi connectivity index (χ1) is 10.4. The number of benzene rings is 1. The molecule has 1 heterocycles. The topological polar surface area (TPSA) is 24.5 Å². The second kappa shape index (κ2) is 7.28. The molecule has 3 nitrogen and oxygen atoms in total. The molecule has 1 saturated heterocycles. The zero-order chi connectivity index (χ0) is 14.5. The SMILES string of the molecule is COc1ccccc1CN1CCNC(C2CCCCC2)C1. The molecule has 2 aliphatic rings. The number of hydrogen-bond acceptors (Lipinski definition) is 3. The molecule has 0 aromatic heterocycles. The fraction of sp³-hybridized carbons (Fsp3) is 0.667. The second-order valence-corrected chi connectivity index (χ2v) is 6.51. The Labute approximate surface area is 128 Å². The van der Waals surface area contributed by atoms with E-state index in [2.05, 4.69) is 28.4 Å². The molecule has 1 saturated carbocycles. The zero-order valence-electron chi connectivity index (χ0n) is 13.2. The van der Waals surface area contributed by atoms with Gasteiger partial charge in [-0.2, -0.15) is 0 Å². The Bertz CT molecular complexity index is 443. The minimum atomic E-state index is 0.689. The van der Waals surface area contributed by atoms with E-state index in [0.29, 0.717) is 6.04 Å². The smallest absolute Gasteiger partial charge is 0.123 e. The summed E-state index contributed by atoms with van der Waals surface area (Å²) >= 11 is 0. The number of para-hydroxylation sites is 1. The molecule has 1 aromatic rings. The quantitative estimate of drug-likeness (QED) is 0.921. The van der Waals surface area contributed by atoms with Crippen LogP contribution in [0.25, 0.3) is 0 Å². The van der Waals surface area contributed by atoms with Gasteiger partial charge in [0.15, 0.2) is 0 Å². The van der Waals surface area contributed by atoms with Gasteiger partial charge in [0.05, 0.1) is 7.11 Å². The predicted molar refractivity (Wildman–Crippen MR) is 86.6 cm³/mol. The van der Waals surface area contributed by atoms with E-state index < -0.39 is 0 Å².